The van der Waals surface area contributed by atoms with E-state index in [1.807, 2.05) is 20.8 Å². The van der Waals surface area contributed by atoms with Crippen molar-refractivity contribution in [2.24, 2.45) is 5.92 Å². The van der Waals surface area contributed by atoms with Gasteiger partial charge in [-0.25, -0.2) is 4.79 Å². The van der Waals surface area contributed by atoms with Crippen LogP contribution in [0.3, 0.4) is 0 Å². The van der Waals surface area contributed by atoms with E-state index < -0.39 is 13.9 Å². The summed E-state index contributed by atoms with van der Waals surface area (Å²) in [7, 11) is -1.98. The molecular weight excluding hydrogens is 298 g/mol. The fourth-order valence-electron chi connectivity index (χ4n) is 2.09. The average molecular weight is 330 g/mol. The van der Waals surface area contributed by atoms with Crippen LogP contribution in [0.25, 0.3) is 0 Å². The number of likely N-dealkylation sites (tertiary alicyclic amines) is 1. The van der Waals surface area contributed by atoms with Crippen LogP contribution < -0.4 is 0 Å². The molecule has 0 aromatic heterocycles. The number of rotatable bonds is 3. The first-order valence-corrected chi connectivity index (χ1v) is 10.8. The van der Waals surface area contributed by atoms with Crippen LogP contribution in [0, 0.1) is 5.92 Å². The molecule has 1 rings (SSSR count). The molecule has 0 N–H and O–H groups in total. The minimum absolute atomic E-state index is 0.0692. The highest BCUT2D eigenvalue weighted by atomic mass is 28.4. The molecule has 128 valence electrons. The zero-order valence-electron chi connectivity index (χ0n) is 15.2. The molecule has 0 aromatic rings. The molecule has 0 aromatic carbocycles. The lowest BCUT2D eigenvalue weighted by Crippen LogP contribution is -2.46. The van der Waals surface area contributed by atoms with Gasteiger partial charge in [0.2, 0.25) is 0 Å². The Morgan fingerprint density at radius 3 is 2.09 bits per heavy atom. The van der Waals surface area contributed by atoms with Crippen LogP contribution in [-0.4, -0.2) is 50.4 Å². The second kappa shape index (κ2) is 6.32. The van der Waals surface area contributed by atoms with E-state index in [0.717, 1.165) is 6.29 Å². The molecule has 1 saturated heterocycles. The van der Waals surface area contributed by atoms with Crippen LogP contribution >= 0.6 is 0 Å². The number of aldehydes is 1. The van der Waals surface area contributed by atoms with Gasteiger partial charge in [0.15, 0.2) is 8.32 Å². The maximum Gasteiger partial charge on any atom is 0.410 e. The Bertz CT molecular complexity index is 423. The van der Waals surface area contributed by atoms with Crippen LogP contribution in [0.5, 0.6) is 0 Å². The van der Waals surface area contributed by atoms with Crippen molar-refractivity contribution in [2.75, 3.05) is 13.1 Å². The molecule has 2 atom stereocenters. The molecule has 0 aliphatic carbocycles. The normalized spacial score (nSPS) is 23.5. The number of ether oxygens (including phenoxy) is 1. The Labute approximate surface area is 135 Å². The monoisotopic (exact) mass is 329 g/mol. The Hall–Kier alpha value is -0.883. The summed E-state index contributed by atoms with van der Waals surface area (Å²) in [4.78, 5) is 25.1. The molecule has 22 heavy (non-hydrogen) atoms. The minimum Gasteiger partial charge on any atom is -0.444 e. The van der Waals surface area contributed by atoms with Gasteiger partial charge < -0.3 is 18.9 Å². The summed E-state index contributed by atoms with van der Waals surface area (Å²) in [6, 6.07) is 0. The number of nitrogens with zero attached hydrogens (tertiary/aromatic N) is 1. The molecular formula is C16H31NO4Si. The molecule has 1 aliphatic heterocycles. The van der Waals surface area contributed by atoms with Crippen molar-refractivity contribution in [3.63, 3.8) is 0 Å². The zero-order chi connectivity index (χ0) is 17.3. The summed E-state index contributed by atoms with van der Waals surface area (Å²) in [6.07, 6.45) is 0.300. The SMILES string of the molecule is CC(C)(C)OC(=O)N1C[C@@H](C=O)[C@@H](O[Si](C)(C)C(C)(C)C)C1. The number of hydrogen-bond acceptors (Lipinski definition) is 4. The smallest absolute Gasteiger partial charge is 0.410 e. The van der Waals surface area contributed by atoms with E-state index >= 15 is 0 Å². The van der Waals surface area contributed by atoms with E-state index in [1.165, 1.54) is 0 Å². The molecule has 0 bridgehead atoms. The minimum atomic E-state index is -1.98. The van der Waals surface area contributed by atoms with E-state index in [0.29, 0.717) is 13.1 Å². The van der Waals surface area contributed by atoms with Gasteiger partial charge in [0, 0.05) is 13.1 Å². The molecule has 0 unspecified atom stereocenters. The van der Waals surface area contributed by atoms with E-state index in [4.69, 9.17) is 9.16 Å². The van der Waals surface area contributed by atoms with Crippen molar-refractivity contribution in [2.45, 2.75) is 71.4 Å². The number of hydrogen-bond donors (Lipinski definition) is 0. The van der Waals surface area contributed by atoms with E-state index in [9.17, 15) is 9.59 Å². The summed E-state index contributed by atoms with van der Waals surface area (Å²) in [6.45, 7) is 17.1. The van der Waals surface area contributed by atoms with Crippen LogP contribution in [0.2, 0.25) is 18.1 Å². The van der Waals surface area contributed by atoms with Crippen LogP contribution in [0.4, 0.5) is 4.79 Å². The fourth-order valence-corrected chi connectivity index (χ4v) is 3.45. The highest BCUT2D eigenvalue weighted by Crippen LogP contribution is 2.39. The van der Waals surface area contributed by atoms with Gasteiger partial charge >= 0.3 is 6.09 Å². The van der Waals surface area contributed by atoms with Gasteiger partial charge in [0.1, 0.15) is 11.9 Å². The quantitative estimate of drug-likeness (QED) is 0.588. The van der Waals surface area contributed by atoms with Gasteiger partial charge in [-0.15, -0.1) is 0 Å². The highest BCUT2D eigenvalue weighted by molar-refractivity contribution is 6.74. The van der Waals surface area contributed by atoms with Crippen LogP contribution in [0.1, 0.15) is 41.5 Å². The Kier molecular flexibility index (Phi) is 5.50. The van der Waals surface area contributed by atoms with Crippen molar-refractivity contribution in [1.29, 1.82) is 0 Å². The average Bonchev–Trinajstić information content (AvgIpc) is 2.67. The van der Waals surface area contributed by atoms with Crippen LogP contribution in [-0.2, 0) is 14.0 Å². The lowest BCUT2D eigenvalue weighted by atomic mass is 10.1. The third-order valence-corrected chi connectivity index (χ3v) is 8.89. The zero-order valence-corrected chi connectivity index (χ0v) is 16.2. The predicted octanol–water partition coefficient (Wildman–Crippen LogP) is 3.44. The molecule has 1 amide bonds. The molecule has 0 spiro atoms. The largest absolute Gasteiger partial charge is 0.444 e. The molecule has 1 aliphatic rings. The maximum atomic E-state index is 12.2. The second-order valence-electron chi connectivity index (χ2n) is 8.60. The molecule has 0 saturated carbocycles. The van der Waals surface area contributed by atoms with Crippen molar-refractivity contribution >= 4 is 20.7 Å². The first-order valence-electron chi connectivity index (χ1n) is 7.88. The third kappa shape index (κ3) is 4.81. The Morgan fingerprint density at radius 2 is 1.68 bits per heavy atom. The number of amides is 1. The van der Waals surface area contributed by atoms with E-state index in [1.54, 1.807) is 4.90 Å². The number of carbonyl (C=O) groups excluding carboxylic acids is 2. The van der Waals surface area contributed by atoms with Crippen molar-refractivity contribution < 1.29 is 18.8 Å². The van der Waals surface area contributed by atoms with Crippen molar-refractivity contribution in [3.05, 3.63) is 0 Å². The van der Waals surface area contributed by atoms with Gasteiger partial charge in [-0.2, -0.15) is 0 Å². The predicted molar refractivity (Wildman–Crippen MR) is 89.4 cm³/mol. The lowest BCUT2D eigenvalue weighted by molar-refractivity contribution is -0.112. The number of carbonyl (C=O) groups is 2. The Balaban J connectivity index is 2.78. The summed E-state index contributed by atoms with van der Waals surface area (Å²) < 4.78 is 11.7. The van der Waals surface area contributed by atoms with Gasteiger partial charge in [0.25, 0.3) is 0 Å². The third-order valence-electron chi connectivity index (χ3n) is 4.39. The van der Waals surface area contributed by atoms with E-state index in [2.05, 4.69) is 33.9 Å². The van der Waals surface area contributed by atoms with Gasteiger partial charge in [-0.3, -0.25) is 0 Å². The highest BCUT2D eigenvalue weighted by Gasteiger charge is 2.45. The first-order chi connectivity index (χ1) is 9.77. The molecule has 1 fully saturated rings. The molecule has 0 radical (unpaired) electrons. The van der Waals surface area contributed by atoms with Gasteiger partial charge in [-0.1, -0.05) is 20.8 Å². The van der Waals surface area contributed by atoms with Crippen molar-refractivity contribution in [3.8, 4) is 0 Å². The first kappa shape index (κ1) is 19.2. The van der Waals surface area contributed by atoms with Crippen LogP contribution in [0.15, 0.2) is 0 Å². The lowest BCUT2D eigenvalue weighted by Gasteiger charge is -2.39. The summed E-state index contributed by atoms with van der Waals surface area (Å²) in [5.74, 6) is -0.276. The fraction of sp³-hybridized carbons (Fsp3) is 0.875. The van der Waals surface area contributed by atoms with Gasteiger partial charge in [0.05, 0.1) is 12.0 Å². The molecule has 5 nitrogen and oxygen atoms in total. The molecule has 6 heteroatoms. The Morgan fingerprint density at radius 1 is 1.14 bits per heavy atom. The molecule has 1 heterocycles. The standard InChI is InChI=1S/C16H31NO4Si/c1-15(2,3)20-14(19)17-9-12(11-18)13(10-17)21-22(7,8)16(4,5)6/h11-13H,9-10H2,1-8H3/t12-,13-/m0/s1. The summed E-state index contributed by atoms with van der Waals surface area (Å²) in [5, 5.41) is 0.0692. The van der Waals surface area contributed by atoms with E-state index in [-0.39, 0.29) is 23.2 Å². The van der Waals surface area contributed by atoms with Gasteiger partial charge in [-0.05, 0) is 38.9 Å². The second-order valence-corrected chi connectivity index (χ2v) is 13.4. The maximum absolute atomic E-state index is 12.2. The topological polar surface area (TPSA) is 55.8 Å². The summed E-state index contributed by atoms with van der Waals surface area (Å²) >= 11 is 0. The summed E-state index contributed by atoms with van der Waals surface area (Å²) in [5.41, 5.74) is -0.536. The van der Waals surface area contributed by atoms with Crippen molar-refractivity contribution in [1.82, 2.24) is 4.90 Å².